The minimum absolute atomic E-state index is 0.0574. The SMILES string of the molecule is CCC1CCCCN1C(=O)c1cncc(C(=O)Nc2ccc3c(c2)OCCO3)c1. The molecule has 1 unspecified atom stereocenters. The summed E-state index contributed by atoms with van der Waals surface area (Å²) in [6.07, 6.45) is 7.13. The summed E-state index contributed by atoms with van der Waals surface area (Å²) >= 11 is 0. The first-order valence-electron chi connectivity index (χ1n) is 10.1. The van der Waals surface area contributed by atoms with Crippen LogP contribution in [0.15, 0.2) is 36.7 Å². The number of hydrogen-bond donors (Lipinski definition) is 1. The molecule has 0 radical (unpaired) electrons. The second-order valence-corrected chi connectivity index (χ2v) is 7.33. The third-order valence-electron chi connectivity index (χ3n) is 5.41. The molecule has 1 aromatic carbocycles. The van der Waals surface area contributed by atoms with E-state index in [2.05, 4.69) is 17.2 Å². The van der Waals surface area contributed by atoms with Crippen molar-refractivity contribution in [2.24, 2.45) is 0 Å². The second kappa shape index (κ2) is 8.51. The molecule has 1 aromatic heterocycles. The van der Waals surface area contributed by atoms with E-state index in [1.54, 1.807) is 24.3 Å². The number of pyridine rings is 1. The number of anilines is 1. The topological polar surface area (TPSA) is 80.8 Å². The second-order valence-electron chi connectivity index (χ2n) is 7.33. The minimum Gasteiger partial charge on any atom is -0.486 e. The first-order chi connectivity index (χ1) is 14.2. The zero-order valence-corrected chi connectivity index (χ0v) is 16.5. The summed E-state index contributed by atoms with van der Waals surface area (Å²) in [6.45, 7) is 3.85. The number of aromatic nitrogens is 1. The van der Waals surface area contributed by atoms with E-state index in [1.807, 2.05) is 4.90 Å². The van der Waals surface area contributed by atoms with Gasteiger partial charge in [0.15, 0.2) is 11.5 Å². The normalized spacial score (nSPS) is 18.2. The molecular formula is C22H25N3O4. The summed E-state index contributed by atoms with van der Waals surface area (Å²) in [6, 6.07) is 7.13. The van der Waals surface area contributed by atoms with Crippen LogP contribution in [-0.2, 0) is 0 Å². The van der Waals surface area contributed by atoms with Gasteiger partial charge >= 0.3 is 0 Å². The number of carbonyl (C=O) groups excluding carboxylic acids is 2. The number of fused-ring (bicyclic) bond motifs is 1. The number of ether oxygens (including phenoxy) is 2. The summed E-state index contributed by atoms with van der Waals surface area (Å²) in [5.74, 6) is 0.884. The largest absolute Gasteiger partial charge is 0.486 e. The maximum absolute atomic E-state index is 13.0. The summed E-state index contributed by atoms with van der Waals surface area (Å²) in [7, 11) is 0. The van der Waals surface area contributed by atoms with Crippen LogP contribution in [-0.4, -0.2) is 47.5 Å². The van der Waals surface area contributed by atoms with Crippen LogP contribution in [0.2, 0.25) is 0 Å². The van der Waals surface area contributed by atoms with Crippen molar-refractivity contribution in [1.82, 2.24) is 9.88 Å². The smallest absolute Gasteiger partial charge is 0.257 e. The molecule has 0 saturated carbocycles. The summed E-state index contributed by atoms with van der Waals surface area (Å²) in [5, 5.41) is 2.83. The Hall–Kier alpha value is -3.09. The molecular weight excluding hydrogens is 370 g/mol. The molecule has 2 amide bonds. The van der Waals surface area contributed by atoms with Crippen molar-refractivity contribution in [2.45, 2.75) is 38.6 Å². The standard InChI is InChI=1S/C22H25N3O4/c1-2-18-5-3-4-8-25(18)22(27)16-11-15(13-23-14-16)21(26)24-17-6-7-19-20(12-17)29-10-9-28-19/h6-7,11-14,18H,2-5,8-10H2,1H3,(H,24,26). The number of hydrogen-bond acceptors (Lipinski definition) is 5. The van der Waals surface area contributed by atoms with Crippen molar-refractivity contribution in [3.8, 4) is 11.5 Å². The Morgan fingerprint density at radius 2 is 1.90 bits per heavy atom. The molecule has 152 valence electrons. The fourth-order valence-corrected chi connectivity index (χ4v) is 3.86. The number of nitrogens with zero attached hydrogens (tertiary/aromatic N) is 2. The lowest BCUT2D eigenvalue weighted by atomic mass is 9.99. The molecule has 7 nitrogen and oxygen atoms in total. The molecule has 2 aliphatic rings. The van der Waals surface area contributed by atoms with Crippen LogP contribution in [0.5, 0.6) is 11.5 Å². The minimum atomic E-state index is -0.325. The van der Waals surface area contributed by atoms with Gasteiger partial charge in [-0.2, -0.15) is 0 Å². The molecule has 0 spiro atoms. The van der Waals surface area contributed by atoms with E-state index in [9.17, 15) is 9.59 Å². The van der Waals surface area contributed by atoms with Gasteiger partial charge < -0.3 is 19.7 Å². The first kappa shape index (κ1) is 19.2. The molecule has 2 aliphatic heterocycles. The maximum Gasteiger partial charge on any atom is 0.257 e. The number of piperidine rings is 1. The van der Waals surface area contributed by atoms with Gasteiger partial charge in [-0.05, 0) is 43.9 Å². The zero-order valence-electron chi connectivity index (χ0n) is 16.5. The highest BCUT2D eigenvalue weighted by molar-refractivity contribution is 6.06. The van der Waals surface area contributed by atoms with Gasteiger partial charge in [-0.3, -0.25) is 14.6 Å². The average Bonchev–Trinajstić information content (AvgIpc) is 2.78. The van der Waals surface area contributed by atoms with Gasteiger partial charge in [0.2, 0.25) is 0 Å². The average molecular weight is 395 g/mol. The summed E-state index contributed by atoms with van der Waals surface area (Å²) in [4.78, 5) is 31.7. The van der Waals surface area contributed by atoms with Gasteiger partial charge in [-0.1, -0.05) is 6.92 Å². The van der Waals surface area contributed by atoms with Crippen molar-refractivity contribution >= 4 is 17.5 Å². The zero-order chi connectivity index (χ0) is 20.2. The molecule has 2 aromatic rings. The molecule has 29 heavy (non-hydrogen) atoms. The van der Waals surface area contributed by atoms with Crippen molar-refractivity contribution < 1.29 is 19.1 Å². The highest BCUT2D eigenvalue weighted by atomic mass is 16.6. The van der Waals surface area contributed by atoms with Gasteiger partial charge in [-0.15, -0.1) is 0 Å². The van der Waals surface area contributed by atoms with Crippen LogP contribution in [0.3, 0.4) is 0 Å². The van der Waals surface area contributed by atoms with Crippen LogP contribution in [0, 0.1) is 0 Å². The fourth-order valence-electron chi connectivity index (χ4n) is 3.86. The van der Waals surface area contributed by atoms with E-state index in [0.717, 1.165) is 32.2 Å². The quantitative estimate of drug-likeness (QED) is 0.857. The third-order valence-corrected chi connectivity index (χ3v) is 5.41. The Balaban J connectivity index is 1.49. The number of benzene rings is 1. The van der Waals surface area contributed by atoms with Crippen LogP contribution >= 0.6 is 0 Å². The summed E-state index contributed by atoms with van der Waals surface area (Å²) < 4.78 is 11.0. The predicted molar refractivity (Wildman–Crippen MR) is 109 cm³/mol. The monoisotopic (exact) mass is 395 g/mol. The number of amides is 2. The van der Waals surface area contributed by atoms with E-state index < -0.39 is 0 Å². The summed E-state index contributed by atoms with van der Waals surface area (Å²) in [5.41, 5.74) is 1.38. The van der Waals surface area contributed by atoms with E-state index in [-0.39, 0.29) is 17.9 Å². The molecule has 0 bridgehead atoms. The number of rotatable bonds is 4. The van der Waals surface area contributed by atoms with Gasteiger partial charge in [-0.25, -0.2) is 0 Å². The van der Waals surface area contributed by atoms with Crippen molar-refractivity contribution in [3.05, 3.63) is 47.8 Å². The molecule has 1 atom stereocenters. The van der Waals surface area contributed by atoms with Crippen molar-refractivity contribution in [2.75, 3.05) is 25.1 Å². The Morgan fingerprint density at radius 3 is 2.72 bits per heavy atom. The van der Waals surface area contributed by atoms with Gasteiger partial charge in [0.1, 0.15) is 13.2 Å². The van der Waals surface area contributed by atoms with E-state index >= 15 is 0 Å². The van der Waals surface area contributed by atoms with Gasteiger partial charge in [0.05, 0.1) is 11.1 Å². The van der Waals surface area contributed by atoms with E-state index in [1.165, 1.54) is 12.4 Å². The van der Waals surface area contributed by atoms with Gasteiger partial charge in [0.25, 0.3) is 11.8 Å². The number of nitrogens with one attached hydrogen (secondary N) is 1. The fraction of sp³-hybridized carbons (Fsp3) is 0.409. The van der Waals surface area contributed by atoms with Crippen LogP contribution in [0.25, 0.3) is 0 Å². The molecule has 3 heterocycles. The van der Waals surface area contributed by atoms with Crippen molar-refractivity contribution in [3.63, 3.8) is 0 Å². The molecule has 1 fully saturated rings. The van der Waals surface area contributed by atoms with Crippen LogP contribution in [0.1, 0.15) is 53.3 Å². The highest BCUT2D eigenvalue weighted by Gasteiger charge is 2.26. The van der Waals surface area contributed by atoms with Gasteiger partial charge in [0, 0.05) is 36.7 Å². The van der Waals surface area contributed by atoms with E-state index in [4.69, 9.17) is 9.47 Å². The van der Waals surface area contributed by atoms with E-state index in [0.29, 0.717) is 41.5 Å². The predicted octanol–water partition coefficient (Wildman–Crippen LogP) is 3.51. The molecule has 7 heteroatoms. The lowest BCUT2D eigenvalue weighted by Crippen LogP contribution is -2.43. The molecule has 1 saturated heterocycles. The molecule has 0 aliphatic carbocycles. The first-order valence-corrected chi connectivity index (χ1v) is 10.1. The molecule has 4 rings (SSSR count). The highest BCUT2D eigenvalue weighted by Crippen LogP contribution is 2.32. The molecule has 1 N–H and O–H groups in total. The van der Waals surface area contributed by atoms with Crippen molar-refractivity contribution in [1.29, 1.82) is 0 Å². The number of likely N-dealkylation sites (tertiary alicyclic amines) is 1. The lowest BCUT2D eigenvalue weighted by Gasteiger charge is -2.35. The Kier molecular flexibility index (Phi) is 5.64. The van der Waals surface area contributed by atoms with Crippen LogP contribution < -0.4 is 14.8 Å². The maximum atomic E-state index is 13.0. The Bertz CT molecular complexity index is 915. The lowest BCUT2D eigenvalue weighted by molar-refractivity contribution is 0.0607. The third kappa shape index (κ3) is 4.18. The van der Waals surface area contributed by atoms with Crippen LogP contribution in [0.4, 0.5) is 5.69 Å². The number of carbonyl (C=O) groups is 2. The Labute approximate surface area is 170 Å². The Morgan fingerprint density at radius 1 is 1.10 bits per heavy atom.